The van der Waals surface area contributed by atoms with Gasteiger partial charge in [0.15, 0.2) is 0 Å². The highest BCUT2D eigenvalue weighted by Gasteiger charge is 2.28. The summed E-state index contributed by atoms with van der Waals surface area (Å²) in [7, 11) is 0. The van der Waals surface area contributed by atoms with Crippen molar-refractivity contribution >= 4 is 0 Å². The fraction of sp³-hybridized carbons (Fsp3) is 0.526. The van der Waals surface area contributed by atoms with Crippen LogP contribution in [0, 0.1) is 12.8 Å². The zero-order valence-corrected chi connectivity index (χ0v) is 14.1. The number of piperidine rings is 1. The van der Waals surface area contributed by atoms with Gasteiger partial charge in [0.1, 0.15) is 5.82 Å². The Balaban J connectivity index is 1.56. The molecule has 1 aromatic heterocycles. The number of hydrogen-bond acceptors (Lipinski definition) is 3. The zero-order chi connectivity index (χ0) is 16.2. The summed E-state index contributed by atoms with van der Waals surface area (Å²) in [6, 6.07) is 10.5. The molecule has 0 spiro atoms. The number of H-pyrrole nitrogens is 1. The predicted octanol–water partition coefficient (Wildman–Crippen LogP) is 2.71. The highest BCUT2D eigenvalue weighted by Crippen LogP contribution is 2.23. The quantitative estimate of drug-likeness (QED) is 0.892. The monoisotopic (exact) mass is 313 g/mol. The third kappa shape index (κ3) is 4.01. The minimum atomic E-state index is -0.256. The Labute approximate surface area is 138 Å². The molecular formula is C19H27N3O. The number of β-amino-alcohol motifs (C(OH)–C–C–N with tert-alkyl or cyclic N) is 1. The molecule has 1 aromatic carbocycles. The SMILES string of the molecule is CCc1nc(CN2CC[C@H](Cc3ccccc3)[C@@H](O)C2)c(C)[nH]1. The Bertz CT molecular complexity index is 623. The smallest absolute Gasteiger partial charge is 0.106 e. The number of aromatic amines is 1. The first kappa shape index (κ1) is 16.2. The first-order chi connectivity index (χ1) is 11.2. The van der Waals surface area contributed by atoms with Crippen LogP contribution >= 0.6 is 0 Å². The van der Waals surface area contributed by atoms with Crippen LogP contribution in [0.2, 0.25) is 0 Å². The number of imidazole rings is 1. The number of likely N-dealkylation sites (tertiary alicyclic amines) is 1. The van der Waals surface area contributed by atoms with Crippen molar-refractivity contribution in [2.75, 3.05) is 13.1 Å². The molecule has 2 atom stereocenters. The first-order valence-corrected chi connectivity index (χ1v) is 8.64. The molecule has 0 aliphatic carbocycles. The van der Waals surface area contributed by atoms with Crippen LogP contribution in [0.1, 0.15) is 36.1 Å². The van der Waals surface area contributed by atoms with E-state index in [1.165, 1.54) is 5.56 Å². The number of nitrogens with zero attached hydrogens (tertiary/aromatic N) is 2. The van der Waals surface area contributed by atoms with Crippen LogP contribution in [0.15, 0.2) is 30.3 Å². The predicted molar refractivity (Wildman–Crippen MR) is 92.2 cm³/mol. The van der Waals surface area contributed by atoms with Crippen molar-refractivity contribution in [3.8, 4) is 0 Å². The zero-order valence-electron chi connectivity index (χ0n) is 14.1. The molecule has 0 radical (unpaired) electrons. The number of aliphatic hydroxyl groups is 1. The Morgan fingerprint density at radius 1 is 1.30 bits per heavy atom. The summed E-state index contributed by atoms with van der Waals surface area (Å²) in [4.78, 5) is 10.3. The second kappa shape index (κ2) is 7.28. The van der Waals surface area contributed by atoms with E-state index in [4.69, 9.17) is 0 Å². The second-order valence-corrected chi connectivity index (χ2v) is 6.65. The molecule has 124 valence electrons. The van der Waals surface area contributed by atoms with Gasteiger partial charge in [0.25, 0.3) is 0 Å². The lowest BCUT2D eigenvalue weighted by molar-refractivity contribution is 0.0182. The summed E-state index contributed by atoms with van der Waals surface area (Å²) in [6.07, 6.45) is 2.69. The van der Waals surface area contributed by atoms with E-state index in [2.05, 4.69) is 53.0 Å². The van der Waals surface area contributed by atoms with Crippen LogP contribution in [-0.4, -0.2) is 39.2 Å². The standard InChI is InChI=1S/C19H27N3O/c1-3-19-20-14(2)17(21-19)12-22-10-9-16(18(23)13-22)11-15-7-5-4-6-8-15/h4-8,16,18,23H,3,9-13H2,1-2H3,(H,20,21)/t16-,18+/m1/s1. The van der Waals surface area contributed by atoms with Gasteiger partial charge in [-0.2, -0.15) is 0 Å². The molecule has 1 saturated heterocycles. The van der Waals surface area contributed by atoms with Crippen LogP contribution in [0.25, 0.3) is 0 Å². The van der Waals surface area contributed by atoms with Gasteiger partial charge in [-0.15, -0.1) is 0 Å². The van der Waals surface area contributed by atoms with E-state index in [0.29, 0.717) is 5.92 Å². The Hall–Kier alpha value is -1.65. The van der Waals surface area contributed by atoms with E-state index >= 15 is 0 Å². The molecule has 23 heavy (non-hydrogen) atoms. The third-order valence-corrected chi connectivity index (χ3v) is 4.89. The summed E-state index contributed by atoms with van der Waals surface area (Å²) < 4.78 is 0. The van der Waals surface area contributed by atoms with E-state index < -0.39 is 0 Å². The highest BCUT2D eigenvalue weighted by molar-refractivity contribution is 5.16. The summed E-state index contributed by atoms with van der Waals surface area (Å²) in [5.41, 5.74) is 3.60. The summed E-state index contributed by atoms with van der Waals surface area (Å²) in [6.45, 7) is 6.80. The van der Waals surface area contributed by atoms with E-state index in [0.717, 1.165) is 56.1 Å². The van der Waals surface area contributed by atoms with Crippen LogP contribution in [-0.2, 0) is 19.4 Å². The van der Waals surface area contributed by atoms with E-state index in [1.54, 1.807) is 0 Å². The first-order valence-electron chi connectivity index (χ1n) is 8.64. The lowest BCUT2D eigenvalue weighted by atomic mass is 9.88. The van der Waals surface area contributed by atoms with Gasteiger partial charge in [0, 0.05) is 25.2 Å². The Morgan fingerprint density at radius 2 is 2.09 bits per heavy atom. The van der Waals surface area contributed by atoms with Gasteiger partial charge in [0.2, 0.25) is 0 Å². The number of aromatic nitrogens is 2. The van der Waals surface area contributed by atoms with Crippen LogP contribution in [0.4, 0.5) is 0 Å². The second-order valence-electron chi connectivity index (χ2n) is 6.65. The molecule has 0 bridgehead atoms. The molecular weight excluding hydrogens is 286 g/mol. The van der Waals surface area contributed by atoms with Crippen molar-refractivity contribution in [2.45, 2.75) is 45.8 Å². The Kier molecular flexibility index (Phi) is 5.13. The highest BCUT2D eigenvalue weighted by atomic mass is 16.3. The number of aliphatic hydroxyl groups excluding tert-OH is 1. The summed E-state index contributed by atoms with van der Waals surface area (Å²) >= 11 is 0. The molecule has 4 heteroatoms. The van der Waals surface area contributed by atoms with E-state index in [1.807, 2.05) is 6.07 Å². The maximum atomic E-state index is 10.5. The number of aryl methyl sites for hydroxylation is 2. The van der Waals surface area contributed by atoms with Gasteiger partial charge < -0.3 is 10.1 Å². The van der Waals surface area contributed by atoms with Crippen LogP contribution in [0.5, 0.6) is 0 Å². The molecule has 0 amide bonds. The van der Waals surface area contributed by atoms with Crippen molar-refractivity contribution in [3.05, 3.63) is 53.1 Å². The molecule has 0 saturated carbocycles. The fourth-order valence-electron chi connectivity index (χ4n) is 3.44. The summed E-state index contributed by atoms with van der Waals surface area (Å²) in [5.74, 6) is 1.41. The van der Waals surface area contributed by atoms with Gasteiger partial charge >= 0.3 is 0 Å². The van der Waals surface area contributed by atoms with Gasteiger partial charge in [-0.1, -0.05) is 37.3 Å². The topological polar surface area (TPSA) is 52.1 Å². The van der Waals surface area contributed by atoms with Gasteiger partial charge in [-0.3, -0.25) is 4.90 Å². The van der Waals surface area contributed by atoms with Crippen LogP contribution in [0.3, 0.4) is 0 Å². The molecule has 2 aromatic rings. The minimum absolute atomic E-state index is 0.256. The lowest BCUT2D eigenvalue weighted by Crippen LogP contribution is -2.44. The van der Waals surface area contributed by atoms with Crippen LogP contribution < -0.4 is 0 Å². The largest absolute Gasteiger partial charge is 0.391 e. The average molecular weight is 313 g/mol. The van der Waals surface area contributed by atoms with Crippen molar-refractivity contribution in [2.24, 2.45) is 5.92 Å². The van der Waals surface area contributed by atoms with E-state index in [9.17, 15) is 5.11 Å². The summed E-state index contributed by atoms with van der Waals surface area (Å²) in [5, 5.41) is 10.5. The number of benzene rings is 1. The van der Waals surface area contributed by atoms with Gasteiger partial charge in [-0.05, 0) is 37.8 Å². The molecule has 4 nitrogen and oxygen atoms in total. The Morgan fingerprint density at radius 3 is 2.74 bits per heavy atom. The number of nitrogens with one attached hydrogen (secondary N) is 1. The molecule has 0 unspecified atom stereocenters. The minimum Gasteiger partial charge on any atom is -0.391 e. The van der Waals surface area contributed by atoms with E-state index in [-0.39, 0.29) is 6.10 Å². The van der Waals surface area contributed by atoms with Crippen molar-refractivity contribution in [3.63, 3.8) is 0 Å². The fourth-order valence-corrected chi connectivity index (χ4v) is 3.44. The molecule has 1 aliphatic rings. The van der Waals surface area contributed by atoms with Crippen molar-refractivity contribution < 1.29 is 5.11 Å². The van der Waals surface area contributed by atoms with Crippen molar-refractivity contribution in [1.29, 1.82) is 0 Å². The molecule has 2 heterocycles. The average Bonchev–Trinajstić information content (AvgIpc) is 2.91. The number of rotatable bonds is 5. The van der Waals surface area contributed by atoms with Gasteiger partial charge in [0.05, 0.1) is 11.8 Å². The maximum absolute atomic E-state index is 10.5. The van der Waals surface area contributed by atoms with Crippen molar-refractivity contribution in [1.82, 2.24) is 14.9 Å². The molecule has 1 fully saturated rings. The molecule has 2 N–H and O–H groups in total. The normalized spacial score (nSPS) is 22.4. The molecule has 1 aliphatic heterocycles. The lowest BCUT2D eigenvalue weighted by Gasteiger charge is -2.35. The third-order valence-electron chi connectivity index (χ3n) is 4.89. The maximum Gasteiger partial charge on any atom is 0.106 e. The number of hydrogen-bond donors (Lipinski definition) is 2. The molecule has 3 rings (SSSR count). The van der Waals surface area contributed by atoms with Gasteiger partial charge in [-0.25, -0.2) is 4.98 Å².